The molecule has 0 aromatic heterocycles. The highest BCUT2D eigenvalue weighted by atomic mass is 35.5. The zero-order valence-electron chi connectivity index (χ0n) is 19.6. The van der Waals surface area contributed by atoms with Crippen molar-refractivity contribution < 1.29 is 14.3 Å². The highest BCUT2D eigenvalue weighted by Gasteiger charge is 2.22. The van der Waals surface area contributed by atoms with E-state index in [0.29, 0.717) is 22.1 Å². The fourth-order valence-corrected chi connectivity index (χ4v) is 4.79. The monoisotopic (exact) mass is 516 g/mol. The molecule has 36 heavy (non-hydrogen) atoms. The number of hydrogen-bond donors (Lipinski definition) is 2. The summed E-state index contributed by atoms with van der Waals surface area (Å²) in [6.07, 6.45) is 0.240. The molecule has 2 N–H and O–H groups in total. The first kappa shape index (κ1) is 25.4. The molecule has 0 heterocycles. The zero-order valence-corrected chi connectivity index (χ0v) is 21.2. The van der Waals surface area contributed by atoms with Gasteiger partial charge in [0.05, 0.1) is 13.5 Å². The van der Waals surface area contributed by atoms with Crippen LogP contribution in [0.5, 0.6) is 5.75 Å². The van der Waals surface area contributed by atoms with Crippen LogP contribution in [0.3, 0.4) is 0 Å². The van der Waals surface area contributed by atoms with Gasteiger partial charge in [-0.1, -0.05) is 66.2 Å². The lowest BCUT2D eigenvalue weighted by Crippen LogP contribution is -2.19. The van der Waals surface area contributed by atoms with Gasteiger partial charge in [0.1, 0.15) is 11.0 Å². The smallest absolute Gasteiger partial charge is 0.242 e. The number of rotatable bonds is 9. The number of methoxy groups -OCH3 is 1. The minimum absolute atomic E-state index is 0.130. The third kappa shape index (κ3) is 7.13. The molecule has 182 valence electrons. The van der Waals surface area contributed by atoms with Gasteiger partial charge in [0.15, 0.2) is 0 Å². The summed E-state index contributed by atoms with van der Waals surface area (Å²) in [6.45, 7) is 0. The molecule has 0 aliphatic carbocycles. The number of anilines is 2. The van der Waals surface area contributed by atoms with Crippen LogP contribution < -0.4 is 15.4 Å². The Balaban J connectivity index is 1.49. The molecule has 7 heteroatoms. The maximum absolute atomic E-state index is 13.4. The van der Waals surface area contributed by atoms with E-state index < -0.39 is 5.25 Å². The molecule has 4 aromatic carbocycles. The van der Waals surface area contributed by atoms with Crippen LogP contribution in [0.1, 0.15) is 16.4 Å². The first-order valence-corrected chi connectivity index (χ1v) is 12.6. The number of ether oxygens (including phenoxy) is 1. The van der Waals surface area contributed by atoms with Gasteiger partial charge in [0.25, 0.3) is 0 Å². The van der Waals surface area contributed by atoms with Gasteiger partial charge in [-0.25, -0.2) is 0 Å². The maximum atomic E-state index is 13.4. The van der Waals surface area contributed by atoms with Crippen LogP contribution in [0.15, 0.2) is 108 Å². The van der Waals surface area contributed by atoms with Crippen LogP contribution in [-0.4, -0.2) is 18.9 Å². The Kier molecular flexibility index (Phi) is 8.66. The lowest BCUT2D eigenvalue weighted by atomic mass is 10.1. The summed E-state index contributed by atoms with van der Waals surface area (Å²) in [7, 11) is 1.59. The molecule has 5 nitrogen and oxygen atoms in total. The summed E-state index contributed by atoms with van der Waals surface area (Å²) in [5, 5.41) is 6.06. The molecule has 2 amide bonds. The van der Waals surface area contributed by atoms with Gasteiger partial charge in [-0.3, -0.25) is 9.59 Å². The number of thioether (sulfide) groups is 1. The van der Waals surface area contributed by atoms with Crippen LogP contribution in [0, 0.1) is 0 Å². The van der Waals surface area contributed by atoms with Crippen LogP contribution in [0.4, 0.5) is 11.4 Å². The number of halogens is 1. The molecule has 0 radical (unpaired) electrons. The van der Waals surface area contributed by atoms with Gasteiger partial charge >= 0.3 is 0 Å². The van der Waals surface area contributed by atoms with Crippen molar-refractivity contribution in [1.29, 1.82) is 0 Å². The Bertz CT molecular complexity index is 1330. The Morgan fingerprint density at radius 3 is 2.25 bits per heavy atom. The molecular formula is C29H25ClN2O3S. The van der Waals surface area contributed by atoms with Gasteiger partial charge in [-0.2, -0.15) is 0 Å². The van der Waals surface area contributed by atoms with E-state index in [0.717, 1.165) is 16.0 Å². The SMILES string of the molecule is COc1cccc(NC(=O)C(Sc2cccc(NC(=O)Cc3ccc(Cl)cc3)c2)c2ccccc2)c1. The number of carbonyl (C=O) groups is 2. The van der Waals surface area contributed by atoms with Gasteiger partial charge < -0.3 is 15.4 Å². The highest BCUT2D eigenvalue weighted by Crippen LogP contribution is 2.37. The van der Waals surface area contributed by atoms with Crippen molar-refractivity contribution in [3.8, 4) is 5.75 Å². The lowest BCUT2D eigenvalue weighted by molar-refractivity contribution is -0.116. The van der Waals surface area contributed by atoms with E-state index in [2.05, 4.69) is 10.6 Å². The number of nitrogens with one attached hydrogen (secondary N) is 2. The van der Waals surface area contributed by atoms with Gasteiger partial charge in [-0.15, -0.1) is 11.8 Å². The summed E-state index contributed by atoms with van der Waals surface area (Å²) in [6, 6.07) is 31.6. The van der Waals surface area contributed by atoms with Crippen LogP contribution in [-0.2, 0) is 16.0 Å². The number of amides is 2. The third-order valence-corrected chi connectivity index (χ3v) is 6.83. The standard InChI is InChI=1S/C29H25ClN2O3S/c1-35-25-11-5-9-23(18-25)32-29(34)28(21-7-3-2-4-8-21)36-26-12-6-10-24(19-26)31-27(33)17-20-13-15-22(30)16-14-20/h2-16,18-19,28H,17H2,1H3,(H,31,33)(H,32,34). The molecule has 0 bridgehead atoms. The minimum atomic E-state index is -0.502. The van der Waals surface area contributed by atoms with Gasteiger partial charge in [0.2, 0.25) is 11.8 Å². The van der Waals surface area contributed by atoms with Crippen molar-refractivity contribution in [3.05, 3.63) is 119 Å². The molecule has 4 aromatic rings. The Morgan fingerprint density at radius 2 is 1.53 bits per heavy atom. The topological polar surface area (TPSA) is 67.4 Å². The Hall–Kier alpha value is -3.74. The maximum Gasteiger partial charge on any atom is 0.242 e. The first-order chi connectivity index (χ1) is 17.5. The van der Waals surface area contributed by atoms with E-state index in [1.165, 1.54) is 11.8 Å². The number of benzene rings is 4. The molecule has 0 fully saturated rings. The largest absolute Gasteiger partial charge is 0.497 e. The molecular weight excluding hydrogens is 492 g/mol. The summed E-state index contributed by atoms with van der Waals surface area (Å²) in [4.78, 5) is 26.8. The predicted octanol–water partition coefficient (Wildman–Crippen LogP) is 7.00. The van der Waals surface area contributed by atoms with Crippen LogP contribution in [0.25, 0.3) is 0 Å². The molecule has 0 saturated carbocycles. The van der Waals surface area contributed by atoms with E-state index in [1.807, 2.05) is 84.9 Å². The fraction of sp³-hybridized carbons (Fsp3) is 0.103. The fourth-order valence-electron chi connectivity index (χ4n) is 3.59. The summed E-state index contributed by atoms with van der Waals surface area (Å²) >= 11 is 7.34. The third-order valence-electron chi connectivity index (χ3n) is 5.33. The molecule has 0 saturated heterocycles. The second kappa shape index (κ2) is 12.3. The van der Waals surface area contributed by atoms with Crippen molar-refractivity contribution in [1.82, 2.24) is 0 Å². The van der Waals surface area contributed by atoms with Crippen molar-refractivity contribution in [2.45, 2.75) is 16.6 Å². The Morgan fingerprint density at radius 1 is 0.833 bits per heavy atom. The average Bonchev–Trinajstić information content (AvgIpc) is 2.89. The number of carbonyl (C=O) groups excluding carboxylic acids is 2. The second-order valence-electron chi connectivity index (χ2n) is 8.01. The van der Waals surface area contributed by atoms with Crippen LogP contribution in [0.2, 0.25) is 5.02 Å². The first-order valence-electron chi connectivity index (χ1n) is 11.3. The predicted molar refractivity (Wildman–Crippen MR) is 147 cm³/mol. The normalized spacial score (nSPS) is 11.4. The van der Waals surface area contributed by atoms with Crippen molar-refractivity contribution in [3.63, 3.8) is 0 Å². The van der Waals surface area contributed by atoms with Crippen molar-refractivity contribution in [2.24, 2.45) is 0 Å². The molecule has 0 spiro atoms. The molecule has 4 rings (SSSR count). The zero-order chi connectivity index (χ0) is 25.3. The van der Waals surface area contributed by atoms with E-state index in [9.17, 15) is 9.59 Å². The van der Waals surface area contributed by atoms with Crippen LogP contribution >= 0.6 is 23.4 Å². The van der Waals surface area contributed by atoms with Crippen molar-refractivity contribution in [2.75, 3.05) is 17.7 Å². The second-order valence-corrected chi connectivity index (χ2v) is 9.62. The molecule has 1 atom stereocenters. The highest BCUT2D eigenvalue weighted by molar-refractivity contribution is 8.00. The van der Waals surface area contributed by atoms with Gasteiger partial charge in [-0.05, 0) is 53.6 Å². The van der Waals surface area contributed by atoms with Gasteiger partial charge in [0, 0.05) is 27.4 Å². The van der Waals surface area contributed by atoms with E-state index in [-0.39, 0.29) is 18.2 Å². The lowest BCUT2D eigenvalue weighted by Gasteiger charge is -2.18. The van der Waals surface area contributed by atoms with E-state index in [1.54, 1.807) is 25.3 Å². The van der Waals surface area contributed by atoms with Crippen molar-refractivity contribution >= 4 is 46.6 Å². The minimum Gasteiger partial charge on any atom is -0.497 e. The summed E-state index contributed by atoms with van der Waals surface area (Å²) in [5.41, 5.74) is 3.07. The number of hydrogen-bond acceptors (Lipinski definition) is 4. The van der Waals surface area contributed by atoms with E-state index in [4.69, 9.17) is 16.3 Å². The molecule has 0 aliphatic heterocycles. The molecule has 0 aliphatic rings. The average molecular weight is 517 g/mol. The quantitative estimate of drug-likeness (QED) is 0.235. The summed E-state index contributed by atoms with van der Waals surface area (Å²) in [5.74, 6) is 0.380. The Labute approximate surface area is 219 Å². The van der Waals surface area contributed by atoms with E-state index >= 15 is 0 Å². The summed E-state index contributed by atoms with van der Waals surface area (Å²) < 4.78 is 5.27. The molecule has 1 unspecified atom stereocenters.